The first-order valence-electron chi connectivity index (χ1n) is 6.23. The van der Waals surface area contributed by atoms with E-state index in [2.05, 4.69) is 4.74 Å². The number of methoxy groups -OCH3 is 2. The van der Waals surface area contributed by atoms with Gasteiger partial charge in [0, 0.05) is 11.1 Å². The number of carbonyl (C=O) groups excluding carboxylic acids is 2. The van der Waals surface area contributed by atoms with Crippen LogP contribution in [0.2, 0.25) is 0 Å². The molecule has 1 aromatic carbocycles. The number of aliphatic hydroxyl groups is 2. The summed E-state index contributed by atoms with van der Waals surface area (Å²) in [5.74, 6) is -0.645. The van der Waals surface area contributed by atoms with E-state index in [0.717, 1.165) is 0 Å². The molecule has 2 atom stereocenters. The van der Waals surface area contributed by atoms with E-state index in [9.17, 15) is 19.8 Å². The smallest absolute Gasteiger partial charge is 0.338 e. The van der Waals surface area contributed by atoms with Crippen molar-refractivity contribution in [1.29, 1.82) is 0 Å². The maximum absolute atomic E-state index is 11.5. The Balaban J connectivity index is 3.26. The maximum atomic E-state index is 11.5. The Morgan fingerprint density at radius 2 is 1.95 bits per heavy atom. The minimum absolute atomic E-state index is 0.0551. The number of aldehydes is 1. The summed E-state index contributed by atoms with van der Waals surface area (Å²) in [4.78, 5) is 22.4. The molecule has 0 aliphatic heterocycles. The Hall–Kier alpha value is -2.12. The molecule has 2 N–H and O–H groups in total. The molecular formula is C14H18O7. The molecule has 0 aromatic heterocycles. The molecule has 0 amide bonds. The standard InChI is InChI=1S/C14H18O7/c1-4-21-14(18)12(17)11(16)9-5-8(7-15)6-10(19-2)13(9)20-3/h5-7,11-12,16-17H,4H2,1-3H3. The second-order valence-electron chi connectivity index (χ2n) is 4.11. The fourth-order valence-corrected chi connectivity index (χ4v) is 1.83. The zero-order valence-electron chi connectivity index (χ0n) is 12.0. The van der Waals surface area contributed by atoms with Crippen molar-refractivity contribution in [3.63, 3.8) is 0 Å². The summed E-state index contributed by atoms with van der Waals surface area (Å²) in [5.41, 5.74) is 0.261. The number of hydrogen-bond donors (Lipinski definition) is 2. The van der Waals surface area contributed by atoms with E-state index in [1.807, 2.05) is 0 Å². The highest BCUT2D eigenvalue weighted by Crippen LogP contribution is 2.37. The van der Waals surface area contributed by atoms with Gasteiger partial charge in [-0.05, 0) is 19.1 Å². The van der Waals surface area contributed by atoms with Gasteiger partial charge in [-0.3, -0.25) is 4.79 Å². The van der Waals surface area contributed by atoms with Crippen molar-refractivity contribution in [3.05, 3.63) is 23.3 Å². The van der Waals surface area contributed by atoms with Gasteiger partial charge >= 0.3 is 5.97 Å². The van der Waals surface area contributed by atoms with Gasteiger partial charge in [-0.1, -0.05) is 0 Å². The van der Waals surface area contributed by atoms with Crippen LogP contribution in [0.5, 0.6) is 11.5 Å². The molecule has 21 heavy (non-hydrogen) atoms. The molecule has 7 nitrogen and oxygen atoms in total. The van der Waals surface area contributed by atoms with E-state index in [0.29, 0.717) is 6.29 Å². The number of benzene rings is 1. The topological polar surface area (TPSA) is 102 Å². The van der Waals surface area contributed by atoms with Gasteiger partial charge in [0.2, 0.25) is 0 Å². The van der Waals surface area contributed by atoms with Gasteiger partial charge in [-0.25, -0.2) is 4.79 Å². The second-order valence-corrected chi connectivity index (χ2v) is 4.11. The molecular weight excluding hydrogens is 280 g/mol. The summed E-state index contributed by atoms with van der Waals surface area (Å²) in [7, 11) is 2.70. The summed E-state index contributed by atoms with van der Waals surface area (Å²) in [6.45, 7) is 1.64. The number of rotatable bonds is 7. The van der Waals surface area contributed by atoms with Crippen LogP contribution in [0.25, 0.3) is 0 Å². The zero-order chi connectivity index (χ0) is 16.0. The molecule has 0 radical (unpaired) electrons. The summed E-state index contributed by atoms with van der Waals surface area (Å²) in [6, 6.07) is 2.72. The number of esters is 1. The first-order chi connectivity index (χ1) is 9.99. The largest absolute Gasteiger partial charge is 0.493 e. The lowest BCUT2D eigenvalue weighted by Gasteiger charge is -2.20. The Kier molecular flexibility index (Phi) is 6.13. The van der Waals surface area contributed by atoms with Crippen molar-refractivity contribution in [1.82, 2.24) is 0 Å². The van der Waals surface area contributed by atoms with Crippen LogP contribution in [0.1, 0.15) is 28.9 Å². The minimum atomic E-state index is -1.80. The third kappa shape index (κ3) is 3.71. The highest BCUT2D eigenvalue weighted by atomic mass is 16.5. The predicted molar refractivity (Wildman–Crippen MR) is 72.5 cm³/mol. The first-order valence-corrected chi connectivity index (χ1v) is 6.23. The van der Waals surface area contributed by atoms with Crippen LogP contribution in [0.3, 0.4) is 0 Å². The summed E-state index contributed by atoms with van der Waals surface area (Å²) in [5, 5.41) is 19.9. The first kappa shape index (κ1) is 16.9. The van der Waals surface area contributed by atoms with Crippen molar-refractivity contribution in [3.8, 4) is 11.5 Å². The van der Waals surface area contributed by atoms with Crippen LogP contribution < -0.4 is 9.47 Å². The van der Waals surface area contributed by atoms with Crippen LogP contribution in [-0.2, 0) is 9.53 Å². The zero-order valence-corrected chi connectivity index (χ0v) is 12.0. The Morgan fingerprint density at radius 3 is 2.43 bits per heavy atom. The molecule has 0 spiro atoms. The molecule has 0 saturated heterocycles. The summed E-state index contributed by atoms with van der Waals surface area (Å²) >= 11 is 0. The van der Waals surface area contributed by atoms with Gasteiger partial charge in [0.1, 0.15) is 12.4 Å². The molecule has 0 saturated carbocycles. The van der Waals surface area contributed by atoms with Gasteiger partial charge in [0.15, 0.2) is 17.6 Å². The van der Waals surface area contributed by atoms with Crippen molar-refractivity contribution in [2.24, 2.45) is 0 Å². The van der Waals surface area contributed by atoms with Crippen LogP contribution in [-0.4, -0.2) is 49.4 Å². The quantitative estimate of drug-likeness (QED) is 0.557. The average molecular weight is 298 g/mol. The van der Waals surface area contributed by atoms with Crippen molar-refractivity contribution in [2.45, 2.75) is 19.1 Å². The normalized spacial score (nSPS) is 13.2. The molecule has 0 bridgehead atoms. The van der Waals surface area contributed by atoms with Gasteiger partial charge in [-0.15, -0.1) is 0 Å². The highest BCUT2D eigenvalue weighted by Gasteiger charge is 2.30. The van der Waals surface area contributed by atoms with Crippen LogP contribution >= 0.6 is 0 Å². The molecule has 0 aliphatic carbocycles. The van der Waals surface area contributed by atoms with Crippen molar-refractivity contribution >= 4 is 12.3 Å². The monoisotopic (exact) mass is 298 g/mol. The van der Waals surface area contributed by atoms with E-state index in [1.54, 1.807) is 6.92 Å². The molecule has 0 fully saturated rings. The number of hydrogen-bond acceptors (Lipinski definition) is 7. The van der Waals surface area contributed by atoms with E-state index >= 15 is 0 Å². The van der Waals surface area contributed by atoms with Gasteiger partial charge < -0.3 is 24.4 Å². The lowest BCUT2D eigenvalue weighted by Crippen LogP contribution is -2.30. The average Bonchev–Trinajstić information content (AvgIpc) is 2.51. The fourth-order valence-electron chi connectivity index (χ4n) is 1.83. The Labute approximate surface area is 122 Å². The Bertz CT molecular complexity index is 512. The van der Waals surface area contributed by atoms with Crippen molar-refractivity contribution < 1.29 is 34.0 Å². The predicted octanol–water partition coefficient (Wildman–Crippen LogP) is 0.474. The van der Waals surface area contributed by atoms with E-state index in [1.165, 1.54) is 26.4 Å². The molecule has 116 valence electrons. The molecule has 1 rings (SSSR count). The van der Waals surface area contributed by atoms with E-state index in [4.69, 9.17) is 9.47 Å². The Morgan fingerprint density at radius 1 is 1.29 bits per heavy atom. The number of aliphatic hydroxyl groups excluding tert-OH is 2. The number of ether oxygens (including phenoxy) is 3. The highest BCUT2D eigenvalue weighted by molar-refractivity contribution is 5.79. The van der Waals surface area contributed by atoms with Crippen molar-refractivity contribution in [2.75, 3.05) is 20.8 Å². The van der Waals surface area contributed by atoms with Crippen LogP contribution in [0.15, 0.2) is 12.1 Å². The second kappa shape index (κ2) is 7.61. The lowest BCUT2D eigenvalue weighted by atomic mass is 10.00. The molecule has 7 heteroatoms. The fraction of sp³-hybridized carbons (Fsp3) is 0.429. The maximum Gasteiger partial charge on any atom is 0.338 e. The van der Waals surface area contributed by atoms with Crippen LogP contribution in [0.4, 0.5) is 0 Å². The van der Waals surface area contributed by atoms with Gasteiger partial charge in [0.25, 0.3) is 0 Å². The van der Waals surface area contributed by atoms with Crippen LogP contribution in [0, 0.1) is 0 Å². The van der Waals surface area contributed by atoms with Gasteiger partial charge in [-0.2, -0.15) is 0 Å². The third-order valence-electron chi connectivity index (χ3n) is 2.81. The SMILES string of the molecule is CCOC(=O)C(O)C(O)c1cc(C=O)cc(OC)c1OC. The molecule has 2 unspecified atom stereocenters. The lowest BCUT2D eigenvalue weighted by molar-refractivity contribution is -0.159. The number of carbonyl (C=O) groups is 2. The van der Waals surface area contributed by atoms with E-state index < -0.39 is 18.2 Å². The molecule has 0 heterocycles. The van der Waals surface area contributed by atoms with Gasteiger partial charge in [0.05, 0.1) is 20.8 Å². The summed E-state index contributed by atoms with van der Waals surface area (Å²) in [6.07, 6.45) is -2.87. The summed E-state index contributed by atoms with van der Waals surface area (Å²) < 4.78 is 14.8. The molecule has 1 aromatic rings. The van der Waals surface area contributed by atoms with E-state index in [-0.39, 0.29) is 29.2 Å². The third-order valence-corrected chi connectivity index (χ3v) is 2.81. The molecule has 0 aliphatic rings. The minimum Gasteiger partial charge on any atom is -0.493 e.